The largest absolute Gasteiger partial charge is 0.474 e. The monoisotopic (exact) mass is 405 g/mol. The van der Waals surface area contributed by atoms with Crippen LogP contribution in [0.25, 0.3) is 0 Å². The second-order valence-corrected chi connectivity index (χ2v) is 8.74. The summed E-state index contributed by atoms with van der Waals surface area (Å²) >= 11 is 0. The highest BCUT2D eigenvalue weighted by molar-refractivity contribution is 7.92. The number of nitrogens with zero attached hydrogens (tertiary/aromatic N) is 2. The van der Waals surface area contributed by atoms with Crippen molar-refractivity contribution in [2.24, 2.45) is 0 Å². The van der Waals surface area contributed by atoms with Crippen LogP contribution in [0.1, 0.15) is 36.0 Å². The predicted molar refractivity (Wildman–Crippen MR) is 100 cm³/mol. The molecule has 0 radical (unpaired) electrons. The van der Waals surface area contributed by atoms with E-state index in [1.54, 1.807) is 0 Å². The Morgan fingerprint density at radius 2 is 1.93 bits per heavy atom. The standard InChI is InChI=1S/C19H20FN3O4S/c20-14-5-7-16(8-6-14)28(25,26)23-9-10-27-19-17(23)11-13(12-21-19)18(24)22-15-3-1-2-4-15/h5-8,11-12,15H,1-4,9-10H2,(H,22,24). The van der Waals surface area contributed by atoms with Crippen molar-refractivity contribution in [3.63, 3.8) is 0 Å². The van der Waals surface area contributed by atoms with Crippen LogP contribution >= 0.6 is 0 Å². The predicted octanol–water partition coefficient (Wildman–Crippen LogP) is 2.48. The van der Waals surface area contributed by atoms with Gasteiger partial charge >= 0.3 is 0 Å². The lowest BCUT2D eigenvalue weighted by Crippen LogP contribution is -2.39. The molecule has 2 aromatic rings. The van der Waals surface area contributed by atoms with Gasteiger partial charge in [-0.05, 0) is 43.2 Å². The van der Waals surface area contributed by atoms with Crippen LogP contribution in [0.2, 0.25) is 0 Å². The SMILES string of the molecule is O=C(NC1CCCC1)c1cnc2c(c1)N(S(=O)(=O)c1ccc(F)cc1)CCO2. The smallest absolute Gasteiger partial charge is 0.264 e. The Balaban J connectivity index is 1.66. The zero-order chi connectivity index (χ0) is 19.7. The summed E-state index contributed by atoms with van der Waals surface area (Å²) in [6, 6.07) is 6.23. The molecule has 1 amide bonds. The highest BCUT2D eigenvalue weighted by Gasteiger charge is 2.32. The molecule has 7 nitrogen and oxygen atoms in total. The molecule has 1 fully saturated rings. The molecule has 1 saturated carbocycles. The summed E-state index contributed by atoms with van der Waals surface area (Å²) in [6.45, 7) is 0.204. The van der Waals surface area contributed by atoms with Crippen molar-refractivity contribution in [3.8, 4) is 5.88 Å². The number of carbonyl (C=O) groups excluding carboxylic acids is 1. The quantitative estimate of drug-likeness (QED) is 0.844. The fourth-order valence-electron chi connectivity index (χ4n) is 3.52. The first-order valence-corrected chi connectivity index (χ1v) is 10.6. The molecule has 148 valence electrons. The van der Waals surface area contributed by atoms with E-state index < -0.39 is 15.8 Å². The van der Waals surface area contributed by atoms with Crippen molar-refractivity contribution in [1.29, 1.82) is 0 Å². The van der Waals surface area contributed by atoms with Crippen LogP contribution in [0.15, 0.2) is 41.4 Å². The van der Waals surface area contributed by atoms with E-state index in [9.17, 15) is 17.6 Å². The average molecular weight is 405 g/mol. The second-order valence-electron chi connectivity index (χ2n) is 6.88. The number of halogens is 1. The minimum Gasteiger partial charge on any atom is -0.474 e. The van der Waals surface area contributed by atoms with Crippen molar-refractivity contribution in [2.75, 3.05) is 17.5 Å². The topological polar surface area (TPSA) is 88.6 Å². The Hall–Kier alpha value is -2.68. The molecular weight excluding hydrogens is 385 g/mol. The molecule has 9 heteroatoms. The van der Waals surface area contributed by atoms with Gasteiger partial charge in [-0.2, -0.15) is 0 Å². The van der Waals surface area contributed by atoms with E-state index in [0.717, 1.165) is 42.1 Å². The van der Waals surface area contributed by atoms with Crippen LogP contribution in [-0.4, -0.2) is 38.5 Å². The van der Waals surface area contributed by atoms with Crippen molar-refractivity contribution in [2.45, 2.75) is 36.6 Å². The molecular formula is C19H20FN3O4S. The number of nitrogens with one attached hydrogen (secondary N) is 1. The van der Waals surface area contributed by atoms with Gasteiger partial charge in [0.15, 0.2) is 0 Å². The summed E-state index contributed by atoms with van der Waals surface area (Å²) in [5.41, 5.74) is 0.477. The van der Waals surface area contributed by atoms with Gasteiger partial charge < -0.3 is 10.1 Å². The number of benzene rings is 1. The van der Waals surface area contributed by atoms with Gasteiger partial charge in [0.2, 0.25) is 5.88 Å². The maximum Gasteiger partial charge on any atom is 0.264 e. The van der Waals surface area contributed by atoms with Gasteiger partial charge in [0.25, 0.3) is 15.9 Å². The van der Waals surface area contributed by atoms with Gasteiger partial charge in [-0.1, -0.05) is 12.8 Å². The van der Waals surface area contributed by atoms with Crippen LogP contribution in [0.4, 0.5) is 10.1 Å². The molecule has 0 saturated heterocycles. The molecule has 0 bridgehead atoms. The number of hydrogen-bond acceptors (Lipinski definition) is 5. The summed E-state index contributed by atoms with van der Waals surface area (Å²) in [5.74, 6) is -0.657. The lowest BCUT2D eigenvalue weighted by Gasteiger charge is -2.30. The number of amides is 1. The molecule has 1 N–H and O–H groups in total. The van der Waals surface area contributed by atoms with Crippen molar-refractivity contribution >= 4 is 21.6 Å². The van der Waals surface area contributed by atoms with E-state index >= 15 is 0 Å². The fraction of sp³-hybridized carbons (Fsp3) is 0.368. The first-order chi connectivity index (χ1) is 13.4. The first-order valence-electron chi connectivity index (χ1n) is 9.17. The zero-order valence-corrected chi connectivity index (χ0v) is 15.9. The molecule has 1 aromatic heterocycles. The van der Waals surface area contributed by atoms with Crippen molar-refractivity contribution < 1.29 is 22.3 Å². The number of hydrogen-bond donors (Lipinski definition) is 1. The number of sulfonamides is 1. The van der Waals surface area contributed by atoms with Gasteiger partial charge in [0.05, 0.1) is 17.0 Å². The second kappa shape index (κ2) is 7.38. The van der Waals surface area contributed by atoms with Gasteiger partial charge in [0.1, 0.15) is 18.1 Å². The third-order valence-electron chi connectivity index (χ3n) is 4.99. The molecule has 0 spiro atoms. The van der Waals surface area contributed by atoms with E-state index in [0.29, 0.717) is 0 Å². The summed E-state index contributed by atoms with van der Waals surface area (Å²) in [7, 11) is -3.94. The summed E-state index contributed by atoms with van der Waals surface area (Å²) in [6.07, 6.45) is 5.45. The van der Waals surface area contributed by atoms with Crippen molar-refractivity contribution in [1.82, 2.24) is 10.3 Å². The molecule has 1 aliphatic carbocycles. The maximum atomic E-state index is 13.2. The van der Waals surface area contributed by atoms with Crippen LogP contribution in [0.3, 0.4) is 0 Å². The average Bonchev–Trinajstić information content (AvgIpc) is 3.20. The molecule has 2 aliphatic rings. The number of aromatic nitrogens is 1. The first kappa shape index (κ1) is 18.7. The number of rotatable bonds is 4. The lowest BCUT2D eigenvalue weighted by molar-refractivity contribution is 0.0937. The van der Waals surface area contributed by atoms with E-state index in [1.165, 1.54) is 24.4 Å². The fourth-order valence-corrected chi connectivity index (χ4v) is 4.96. The number of pyridine rings is 1. The van der Waals surface area contributed by atoms with Gasteiger partial charge in [0, 0.05) is 12.2 Å². The third kappa shape index (κ3) is 3.54. The van der Waals surface area contributed by atoms with E-state index in [4.69, 9.17) is 4.74 Å². The van der Waals surface area contributed by atoms with Crippen LogP contribution in [-0.2, 0) is 10.0 Å². The Morgan fingerprint density at radius 1 is 1.21 bits per heavy atom. The molecule has 0 atom stereocenters. The molecule has 4 rings (SSSR count). The Bertz CT molecular complexity index is 989. The Labute approximate surface area is 162 Å². The minimum atomic E-state index is -3.94. The summed E-state index contributed by atoms with van der Waals surface area (Å²) in [4.78, 5) is 16.6. The number of ether oxygens (including phenoxy) is 1. The highest BCUT2D eigenvalue weighted by Crippen LogP contribution is 2.34. The normalized spacial score (nSPS) is 17.1. The van der Waals surface area contributed by atoms with E-state index in [1.807, 2.05) is 0 Å². The number of fused-ring (bicyclic) bond motifs is 1. The van der Waals surface area contributed by atoms with E-state index in [2.05, 4.69) is 10.3 Å². The van der Waals surface area contributed by atoms with Crippen LogP contribution < -0.4 is 14.4 Å². The van der Waals surface area contributed by atoms with Gasteiger partial charge in [-0.25, -0.2) is 17.8 Å². The zero-order valence-electron chi connectivity index (χ0n) is 15.1. The summed E-state index contributed by atoms with van der Waals surface area (Å²) < 4.78 is 45.9. The number of carbonyl (C=O) groups is 1. The minimum absolute atomic E-state index is 0.0393. The lowest BCUT2D eigenvalue weighted by atomic mass is 10.2. The Morgan fingerprint density at radius 3 is 2.64 bits per heavy atom. The van der Waals surface area contributed by atoms with Gasteiger partial charge in [-0.3, -0.25) is 9.10 Å². The van der Waals surface area contributed by atoms with Crippen LogP contribution in [0.5, 0.6) is 5.88 Å². The maximum absolute atomic E-state index is 13.2. The Kier molecular flexibility index (Phi) is 4.92. The molecule has 1 aliphatic heterocycles. The number of anilines is 1. The summed E-state index contributed by atoms with van der Waals surface area (Å²) in [5, 5.41) is 2.96. The van der Waals surface area contributed by atoms with Gasteiger partial charge in [-0.15, -0.1) is 0 Å². The highest BCUT2D eigenvalue weighted by atomic mass is 32.2. The molecule has 28 heavy (non-hydrogen) atoms. The third-order valence-corrected chi connectivity index (χ3v) is 6.82. The van der Waals surface area contributed by atoms with Crippen molar-refractivity contribution in [3.05, 3.63) is 47.9 Å². The molecule has 1 aromatic carbocycles. The molecule has 2 heterocycles. The van der Waals surface area contributed by atoms with Crippen LogP contribution in [0, 0.1) is 5.82 Å². The van der Waals surface area contributed by atoms with E-state index in [-0.39, 0.29) is 47.1 Å². The molecule has 0 unspecified atom stereocenters.